The molecule has 0 aliphatic heterocycles. The number of fused-ring (bicyclic) bond motifs is 1. The van der Waals surface area contributed by atoms with Gasteiger partial charge in [-0.1, -0.05) is 17.8 Å². The van der Waals surface area contributed by atoms with Gasteiger partial charge in [-0.2, -0.15) is 0 Å². The van der Waals surface area contributed by atoms with Crippen molar-refractivity contribution >= 4 is 28.6 Å². The molecule has 1 aromatic carbocycles. The van der Waals surface area contributed by atoms with E-state index in [4.69, 9.17) is 14.6 Å². The van der Waals surface area contributed by atoms with Crippen LogP contribution in [0, 0.1) is 0 Å². The molecular formula is C15H16N2O5S. The lowest BCUT2D eigenvalue weighted by Gasteiger charge is -2.13. The zero-order valence-corrected chi connectivity index (χ0v) is 13.6. The van der Waals surface area contributed by atoms with Gasteiger partial charge < -0.3 is 14.6 Å². The van der Waals surface area contributed by atoms with E-state index in [-0.39, 0.29) is 17.9 Å². The van der Waals surface area contributed by atoms with Gasteiger partial charge in [0, 0.05) is 12.6 Å². The first-order valence-electron chi connectivity index (χ1n) is 6.63. The first-order valence-corrected chi connectivity index (χ1v) is 7.62. The number of nitrogens with zero attached hydrogens (tertiary/aromatic N) is 2. The number of thioether (sulfide) groups is 1. The minimum Gasteiger partial charge on any atom is -0.493 e. The van der Waals surface area contributed by atoms with Crippen LogP contribution in [0.15, 0.2) is 34.7 Å². The number of carboxylic acids is 1. The van der Waals surface area contributed by atoms with Gasteiger partial charge in [-0.05, 0) is 6.07 Å². The van der Waals surface area contributed by atoms with Crippen molar-refractivity contribution in [1.29, 1.82) is 0 Å². The number of benzene rings is 1. The number of carboxylic acid groups (broad SMARTS) is 1. The lowest BCUT2D eigenvalue weighted by atomic mass is 10.2. The minimum absolute atomic E-state index is 0.192. The Morgan fingerprint density at radius 2 is 2.04 bits per heavy atom. The molecule has 0 aliphatic carbocycles. The highest BCUT2D eigenvalue weighted by molar-refractivity contribution is 7.99. The highest BCUT2D eigenvalue weighted by atomic mass is 32.2. The summed E-state index contributed by atoms with van der Waals surface area (Å²) >= 11 is 0.980. The van der Waals surface area contributed by atoms with E-state index in [2.05, 4.69) is 11.6 Å². The van der Waals surface area contributed by atoms with Crippen LogP contribution < -0.4 is 15.0 Å². The summed E-state index contributed by atoms with van der Waals surface area (Å²) in [7, 11) is 2.97. The molecule has 0 spiro atoms. The quantitative estimate of drug-likeness (QED) is 0.468. The maximum atomic E-state index is 12.7. The van der Waals surface area contributed by atoms with Crippen molar-refractivity contribution in [2.75, 3.05) is 20.0 Å². The number of rotatable bonds is 7. The fourth-order valence-corrected chi connectivity index (χ4v) is 2.78. The standard InChI is InChI=1S/C15H16N2O5S/c1-4-5-17-14(20)9-6-11(21-2)12(22-3)7-10(9)16-15(17)23-8-13(18)19/h4,6-7H,1,5,8H2,2-3H3,(H,18,19). The van der Waals surface area contributed by atoms with Gasteiger partial charge in [0.25, 0.3) is 5.56 Å². The lowest BCUT2D eigenvalue weighted by Crippen LogP contribution is -2.23. The van der Waals surface area contributed by atoms with E-state index in [9.17, 15) is 9.59 Å². The second-order valence-corrected chi connectivity index (χ2v) is 5.45. The molecule has 0 radical (unpaired) electrons. The fraction of sp³-hybridized carbons (Fsp3) is 0.267. The summed E-state index contributed by atoms with van der Waals surface area (Å²) in [6.45, 7) is 3.85. The zero-order valence-electron chi connectivity index (χ0n) is 12.7. The Kier molecular flexibility index (Phi) is 5.28. The molecule has 7 nitrogen and oxygen atoms in total. The molecule has 1 heterocycles. The fourth-order valence-electron chi connectivity index (χ4n) is 2.05. The molecule has 0 amide bonds. The van der Waals surface area contributed by atoms with Gasteiger partial charge in [-0.15, -0.1) is 6.58 Å². The Morgan fingerprint density at radius 1 is 1.39 bits per heavy atom. The molecule has 2 aromatic rings. The average molecular weight is 336 g/mol. The number of allylic oxidation sites excluding steroid dienone is 1. The molecule has 8 heteroatoms. The summed E-state index contributed by atoms with van der Waals surface area (Å²) in [6.07, 6.45) is 1.56. The molecule has 0 bridgehead atoms. The molecule has 1 N–H and O–H groups in total. The SMILES string of the molecule is C=CCn1c(SCC(=O)O)nc2cc(OC)c(OC)cc2c1=O. The Morgan fingerprint density at radius 3 is 2.61 bits per heavy atom. The van der Waals surface area contributed by atoms with Crippen LogP contribution in [0.2, 0.25) is 0 Å². The third-order valence-electron chi connectivity index (χ3n) is 3.06. The molecule has 2 rings (SSSR count). The predicted octanol–water partition coefficient (Wildman–Crippen LogP) is 1.78. The van der Waals surface area contributed by atoms with Crippen molar-refractivity contribution < 1.29 is 19.4 Å². The number of ether oxygens (including phenoxy) is 2. The second-order valence-electron chi connectivity index (χ2n) is 4.51. The molecule has 122 valence electrons. The minimum atomic E-state index is -0.984. The van der Waals surface area contributed by atoms with Crippen molar-refractivity contribution in [3.63, 3.8) is 0 Å². The number of hydrogen-bond acceptors (Lipinski definition) is 6. The van der Waals surface area contributed by atoms with Crippen molar-refractivity contribution in [3.05, 3.63) is 35.1 Å². The smallest absolute Gasteiger partial charge is 0.313 e. The van der Waals surface area contributed by atoms with E-state index in [1.807, 2.05) is 0 Å². The zero-order chi connectivity index (χ0) is 17.0. The highest BCUT2D eigenvalue weighted by Crippen LogP contribution is 2.31. The van der Waals surface area contributed by atoms with Crippen LogP contribution in [0.3, 0.4) is 0 Å². The topological polar surface area (TPSA) is 90.7 Å². The second kappa shape index (κ2) is 7.19. The summed E-state index contributed by atoms with van der Waals surface area (Å²) < 4.78 is 11.8. The molecular weight excluding hydrogens is 320 g/mol. The Labute approximate surface area is 136 Å². The lowest BCUT2D eigenvalue weighted by molar-refractivity contribution is -0.133. The van der Waals surface area contributed by atoms with Gasteiger partial charge in [-0.3, -0.25) is 14.2 Å². The van der Waals surface area contributed by atoms with E-state index in [0.29, 0.717) is 27.6 Å². The highest BCUT2D eigenvalue weighted by Gasteiger charge is 2.15. The molecule has 23 heavy (non-hydrogen) atoms. The van der Waals surface area contributed by atoms with Crippen LogP contribution in [0.5, 0.6) is 11.5 Å². The maximum absolute atomic E-state index is 12.7. The van der Waals surface area contributed by atoms with Gasteiger partial charge in [0.05, 0.1) is 30.9 Å². The average Bonchev–Trinajstić information content (AvgIpc) is 2.54. The summed E-state index contributed by atoms with van der Waals surface area (Å²) in [4.78, 5) is 27.8. The number of aromatic nitrogens is 2. The first kappa shape index (κ1) is 16.9. The van der Waals surface area contributed by atoms with Gasteiger partial charge in [-0.25, -0.2) is 4.98 Å². The van der Waals surface area contributed by atoms with Crippen LogP contribution in [-0.2, 0) is 11.3 Å². The van der Waals surface area contributed by atoms with E-state index in [1.54, 1.807) is 18.2 Å². The molecule has 0 unspecified atom stereocenters. The number of carbonyl (C=O) groups is 1. The predicted molar refractivity (Wildman–Crippen MR) is 87.7 cm³/mol. The van der Waals surface area contributed by atoms with E-state index >= 15 is 0 Å². The third-order valence-corrected chi connectivity index (χ3v) is 4.02. The summed E-state index contributed by atoms with van der Waals surface area (Å²) in [5.74, 6) is -0.304. The monoisotopic (exact) mass is 336 g/mol. The normalized spacial score (nSPS) is 10.5. The van der Waals surface area contributed by atoms with Crippen LogP contribution in [0.1, 0.15) is 0 Å². The molecule has 0 fully saturated rings. The number of methoxy groups -OCH3 is 2. The van der Waals surface area contributed by atoms with E-state index in [0.717, 1.165) is 11.8 Å². The summed E-state index contributed by atoms with van der Waals surface area (Å²) in [5.41, 5.74) is 0.129. The summed E-state index contributed by atoms with van der Waals surface area (Å²) in [6, 6.07) is 3.16. The third kappa shape index (κ3) is 3.48. The Hall–Kier alpha value is -2.48. The molecule has 1 aromatic heterocycles. The van der Waals surface area contributed by atoms with Gasteiger partial charge in [0.15, 0.2) is 16.7 Å². The maximum Gasteiger partial charge on any atom is 0.313 e. The largest absolute Gasteiger partial charge is 0.493 e. The van der Waals surface area contributed by atoms with Crippen LogP contribution in [-0.4, -0.2) is 40.6 Å². The summed E-state index contributed by atoms with van der Waals surface area (Å²) in [5, 5.41) is 9.52. The van der Waals surface area contributed by atoms with Crippen molar-refractivity contribution in [3.8, 4) is 11.5 Å². The van der Waals surface area contributed by atoms with Gasteiger partial charge in [0.2, 0.25) is 0 Å². The number of aliphatic carboxylic acids is 1. The van der Waals surface area contributed by atoms with E-state index < -0.39 is 5.97 Å². The van der Waals surface area contributed by atoms with Crippen LogP contribution in [0.25, 0.3) is 10.9 Å². The van der Waals surface area contributed by atoms with Crippen molar-refractivity contribution in [2.45, 2.75) is 11.7 Å². The molecule has 0 saturated heterocycles. The molecule has 0 saturated carbocycles. The first-order chi connectivity index (χ1) is 11.0. The van der Waals surface area contributed by atoms with Crippen LogP contribution in [0.4, 0.5) is 0 Å². The Balaban J connectivity index is 2.70. The van der Waals surface area contributed by atoms with Crippen LogP contribution >= 0.6 is 11.8 Å². The molecule has 0 aliphatic rings. The van der Waals surface area contributed by atoms with Crippen molar-refractivity contribution in [1.82, 2.24) is 9.55 Å². The van der Waals surface area contributed by atoms with E-state index in [1.165, 1.54) is 18.8 Å². The van der Waals surface area contributed by atoms with Gasteiger partial charge >= 0.3 is 5.97 Å². The van der Waals surface area contributed by atoms with Gasteiger partial charge in [0.1, 0.15) is 0 Å². The number of hydrogen-bond donors (Lipinski definition) is 1. The Bertz CT molecular complexity index is 816. The molecule has 0 atom stereocenters. The van der Waals surface area contributed by atoms with Crippen molar-refractivity contribution in [2.24, 2.45) is 0 Å².